The Hall–Kier alpha value is -0.340. The second-order valence-corrected chi connectivity index (χ2v) is 11.7. The summed E-state index contributed by atoms with van der Waals surface area (Å²) in [5.74, 6) is 4.18. The van der Waals surface area contributed by atoms with Crippen LogP contribution in [0.4, 0.5) is 0 Å². The predicted molar refractivity (Wildman–Crippen MR) is 123 cm³/mol. The van der Waals surface area contributed by atoms with E-state index in [1.807, 2.05) is 13.8 Å². The van der Waals surface area contributed by atoms with Crippen molar-refractivity contribution >= 4 is 0 Å². The van der Waals surface area contributed by atoms with E-state index >= 15 is 0 Å². The van der Waals surface area contributed by atoms with Gasteiger partial charge in [-0.3, -0.25) is 0 Å². The zero-order valence-corrected chi connectivity index (χ0v) is 19.9. The maximum atomic E-state index is 10.8. The van der Waals surface area contributed by atoms with Gasteiger partial charge in [-0.2, -0.15) is 0 Å². The number of rotatable bonds is 9. The lowest BCUT2D eigenvalue weighted by molar-refractivity contribution is -0.0101. The molecular weight excluding hydrogens is 356 g/mol. The van der Waals surface area contributed by atoms with Crippen LogP contribution < -0.4 is 0 Å². The molecule has 0 spiro atoms. The van der Waals surface area contributed by atoms with Crippen LogP contribution in [0.5, 0.6) is 0 Å². The molecule has 3 rings (SSSR count). The highest BCUT2D eigenvalue weighted by atomic mass is 16.3. The van der Waals surface area contributed by atoms with Gasteiger partial charge in [-0.15, -0.1) is 0 Å². The highest BCUT2D eigenvalue weighted by molar-refractivity contribution is 5.15. The SMILES string of the molecule is CCCCC(C)(O)CC1=CC[C@@H]2[C@H](CC[C@]3(C)[C@@H]([C@H](C)CC[C@H](C)O)CC[C@@H]23)C1. The number of hydrogen-bond acceptors (Lipinski definition) is 2. The maximum absolute atomic E-state index is 10.8. The molecule has 168 valence electrons. The number of hydrogen-bond donors (Lipinski definition) is 2. The number of aliphatic hydroxyl groups excluding tert-OH is 1. The van der Waals surface area contributed by atoms with Crippen molar-refractivity contribution in [1.29, 1.82) is 0 Å². The van der Waals surface area contributed by atoms with E-state index in [-0.39, 0.29) is 6.10 Å². The van der Waals surface area contributed by atoms with Gasteiger partial charge in [0.2, 0.25) is 0 Å². The van der Waals surface area contributed by atoms with Gasteiger partial charge in [0.1, 0.15) is 0 Å². The molecule has 0 heterocycles. The Morgan fingerprint density at radius 3 is 2.66 bits per heavy atom. The lowest BCUT2D eigenvalue weighted by Crippen LogP contribution is -2.44. The van der Waals surface area contributed by atoms with E-state index in [0.717, 1.165) is 61.7 Å². The van der Waals surface area contributed by atoms with Crippen molar-refractivity contribution in [2.45, 2.75) is 123 Å². The highest BCUT2D eigenvalue weighted by Crippen LogP contribution is 2.63. The molecule has 0 aromatic rings. The zero-order chi connectivity index (χ0) is 21.2. The van der Waals surface area contributed by atoms with Gasteiger partial charge in [0.05, 0.1) is 11.7 Å². The van der Waals surface area contributed by atoms with Gasteiger partial charge < -0.3 is 10.2 Å². The standard InChI is InChI=1S/C27H48O2/c1-6-7-15-26(4,29)18-21-10-11-23-22(17-21)14-16-27(5)24(12-13-25(23)27)19(2)8-9-20(3)28/h10,19-20,22-25,28-29H,6-9,11-18H2,1-5H3/t19-,20+,22-,23-,24-,25+,26?,27-/m1/s1. The van der Waals surface area contributed by atoms with Gasteiger partial charge in [0, 0.05) is 0 Å². The molecular formula is C27H48O2. The summed E-state index contributed by atoms with van der Waals surface area (Å²) in [6, 6.07) is 0. The van der Waals surface area contributed by atoms with Gasteiger partial charge in [-0.25, -0.2) is 0 Å². The highest BCUT2D eigenvalue weighted by Gasteiger charge is 2.54. The molecule has 8 atom stereocenters. The number of aliphatic hydroxyl groups is 2. The van der Waals surface area contributed by atoms with Crippen LogP contribution in [0, 0.1) is 35.0 Å². The Bertz CT molecular complexity index is 563. The van der Waals surface area contributed by atoms with Gasteiger partial charge in [-0.05, 0) is 113 Å². The van der Waals surface area contributed by atoms with Crippen molar-refractivity contribution in [2.24, 2.45) is 35.0 Å². The van der Waals surface area contributed by atoms with Crippen molar-refractivity contribution in [2.75, 3.05) is 0 Å². The summed E-state index contributed by atoms with van der Waals surface area (Å²) in [5, 5.41) is 20.5. The minimum Gasteiger partial charge on any atom is -0.393 e. The Morgan fingerprint density at radius 2 is 1.97 bits per heavy atom. The van der Waals surface area contributed by atoms with E-state index in [0.29, 0.717) is 5.41 Å². The fourth-order valence-corrected chi connectivity index (χ4v) is 7.66. The van der Waals surface area contributed by atoms with Gasteiger partial charge in [0.25, 0.3) is 0 Å². The van der Waals surface area contributed by atoms with Gasteiger partial charge >= 0.3 is 0 Å². The van der Waals surface area contributed by atoms with Crippen LogP contribution in [0.1, 0.15) is 112 Å². The summed E-state index contributed by atoms with van der Waals surface area (Å²) in [6.07, 6.45) is 16.7. The van der Waals surface area contributed by atoms with Crippen LogP contribution in [0.2, 0.25) is 0 Å². The van der Waals surface area contributed by atoms with E-state index in [1.165, 1.54) is 50.5 Å². The molecule has 0 aromatic heterocycles. The topological polar surface area (TPSA) is 40.5 Å². The van der Waals surface area contributed by atoms with Crippen LogP contribution in [0.15, 0.2) is 11.6 Å². The van der Waals surface area contributed by atoms with E-state index < -0.39 is 5.60 Å². The van der Waals surface area contributed by atoms with E-state index in [4.69, 9.17) is 0 Å². The van der Waals surface area contributed by atoms with E-state index in [1.54, 1.807) is 0 Å². The number of unbranched alkanes of at least 4 members (excludes halogenated alkanes) is 1. The molecule has 2 heteroatoms. The minimum absolute atomic E-state index is 0.158. The molecule has 3 aliphatic rings. The lowest BCUT2D eigenvalue weighted by atomic mass is 9.54. The first-order valence-corrected chi connectivity index (χ1v) is 12.7. The lowest BCUT2D eigenvalue weighted by Gasteiger charge is -2.51. The fourth-order valence-electron chi connectivity index (χ4n) is 7.66. The average molecular weight is 405 g/mol. The Labute approximate surface area is 180 Å². The van der Waals surface area contributed by atoms with Crippen molar-refractivity contribution in [1.82, 2.24) is 0 Å². The third-order valence-electron chi connectivity index (χ3n) is 9.27. The number of allylic oxidation sites excluding steroid dienone is 1. The summed E-state index contributed by atoms with van der Waals surface area (Å²) >= 11 is 0. The first-order chi connectivity index (χ1) is 13.7. The molecule has 0 amide bonds. The molecule has 2 nitrogen and oxygen atoms in total. The van der Waals surface area contributed by atoms with Crippen molar-refractivity contribution in [3.05, 3.63) is 11.6 Å². The molecule has 0 bridgehead atoms. The second-order valence-electron chi connectivity index (χ2n) is 11.7. The molecule has 0 saturated heterocycles. The minimum atomic E-state index is -0.518. The van der Waals surface area contributed by atoms with Crippen LogP contribution >= 0.6 is 0 Å². The van der Waals surface area contributed by atoms with Crippen molar-refractivity contribution in [3.63, 3.8) is 0 Å². The average Bonchev–Trinajstić information content (AvgIpc) is 3.01. The molecule has 2 N–H and O–H groups in total. The second kappa shape index (κ2) is 9.43. The molecule has 29 heavy (non-hydrogen) atoms. The number of fused-ring (bicyclic) bond motifs is 3. The molecule has 3 aliphatic carbocycles. The largest absolute Gasteiger partial charge is 0.393 e. The molecule has 2 saturated carbocycles. The Balaban J connectivity index is 1.63. The zero-order valence-electron chi connectivity index (χ0n) is 19.9. The monoisotopic (exact) mass is 404 g/mol. The summed E-state index contributed by atoms with van der Waals surface area (Å²) in [4.78, 5) is 0. The molecule has 2 fully saturated rings. The van der Waals surface area contributed by atoms with E-state index in [2.05, 4.69) is 26.8 Å². The third-order valence-corrected chi connectivity index (χ3v) is 9.27. The normalized spacial score (nSPS) is 38.5. The van der Waals surface area contributed by atoms with Crippen LogP contribution in [-0.4, -0.2) is 21.9 Å². The third kappa shape index (κ3) is 5.29. The van der Waals surface area contributed by atoms with Crippen molar-refractivity contribution in [3.8, 4) is 0 Å². The maximum Gasteiger partial charge on any atom is 0.0656 e. The molecule has 0 aromatic carbocycles. The molecule has 0 aliphatic heterocycles. The summed E-state index contributed by atoms with van der Waals surface area (Å²) < 4.78 is 0. The smallest absolute Gasteiger partial charge is 0.0656 e. The van der Waals surface area contributed by atoms with E-state index in [9.17, 15) is 10.2 Å². The van der Waals surface area contributed by atoms with Crippen molar-refractivity contribution < 1.29 is 10.2 Å². The first-order valence-electron chi connectivity index (χ1n) is 12.7. The fraction of sp³-hybridized carbons (Fsp3) is 0.926. The summed E-state index contributed by atoms with van der Waals surface area (Å²) in [5.41, 5.74) is 1.53. The van der Waals surface area contributed by atoms with Crippen LogP contribution in [0.25, 0.3) is 0 Å². The summed E-state index contributed by atoms with van der Waals surface area (Å²) in [7, 11) is 0. The molecule has 1 unspecified atom stereocenters. The van der Waals surface area contributed by atoms with Crippen LogP contribution in [-0.2, 0) is 0 Å². The quantitative estimate of drug-likeness (QED) is 0.411. The molecule has 0 radical (unpaired) electrons. The van der Waals surface area contributed by atoms with Gasteiger partial charge in [-0.1, -0.05) is 45.3 Å². The first kappa shape index (κ1) is 23.3. The Morgan fingerprint density at radius 1 is 1.21 bits per heavy atom. The van der Waals surface area contributed by atoms with Gasteiger partial charge in [0.15, 0.2) is 0 Å². The summed E-state index contributed by atoms with van der Waals surface area (Å²) in [6.45, 7) is 11.2. The Kier molecular flexibility index (Phi) is 7.58. The van der Waals surface area contributed by atoms with Crippen LogP contribution in [0.3, 0.4) is 0 Å². The predicted octanol–water partition coefficient (Wildman–Crippen LogP) is 6.89.